The lowest BCUT2D eigenvalue weighted by Gasteiger charge is -2.30. The Hall–Kier alpha value is -2.97. The summed E-state index contributed by atoms with van der Waals surface area (Å²) in [6.07, 6.45) is 5.58. The maximum atomic E-state index is 10.1. The summed E-state index contributed by atoms with van der Waals surface area (Å²) < 4.78 is 14.1. The molecule has 1 saturated carbocycles. The van der Waals surface area contributed by atoms with Crippen LogP contribution in [0.25, 0.3) is 22.2 Å². The minimum Gasteiger partial charge on any atom is -0.490 e. The van der Waals surface area contributed by atoms with Crippen LogP contribution in [-0.2, 0) is 4.74 Å². The summed E-state index contributed by atoms with van der Waals surface area (Å²) in [5.74, 6) is 0.841. The highest BCUT2D eigenvalue weighted by Gasteiger charge is 2.28. The quantitative estimate of drug-likeness (QED) is 0.613. The zero-order valence-electron chi connectivity index (χ0n) is 17.4. The molecule has 0 bridgehead atoms. The van der Waals surface area contributed by atoms with E-state index in [2.05, 4.69) is 58.4 Å². The molecule has 1 aliphatic heterocycles. The highest BCUT2D eigenvalue weighted by atomic mass is 16.5. The van der Waals surface area contributed by atoms with Crippen molar-refractivity contribution < 1.29 is 9.47 Å². The molecular weight excluding hydrogens is 374 g/mol. The molecule has 0 amide bonds. The average Bonchev–Trinajstić information content (AvgIpc) is 3.06. The molecule has 1 saturated heterocycles. The molecule has 0 atom stereocenters. The molecule has 5 rings (SSSR count). The Morgan fingerprint density at radius 1 is 1.07 bits per heavy atom. The van der Waals surface area contributed by atoms with Gasteiger partial charge in [-0.1, -0.05) is 12.1 Å². The second kappa shape index (κ2) is 8.04. The van der Waals surface area contributed by atoms with Gasteiger partial charge in [0.15, 0.2) is 0 Å². The topological polar surface area (TPSA) is 59.2 Å². The first-order valence-corrected chi connectivity index (χ1v) is 10.9. The van der Waals surface area contributed by atoms with E-state index in [1.54, 1.807) is 0 Å². The smallest absolute Gasteiger partial charge is 0.120 e. The summed E-state index contributed by atoms with van der Waals surface area (Å²) in [4.78, 5) is 0. The molecule has 0 radical (unpaired) electrons. The number of fused-ring (bicyclic) bond motifs is 1. The second-order valence-electron chi connectivity index (χ2n) is 8.23. The standard InChI is InChI=1S/C25H27N3O2/c1-27-18-7-5-17(6-8-18)25-23(16-26)22-15-21(30-20-11-13-29-14-12-20)9-10-24(22)28(25)19-3-2-4-19/h5-10,15,19-20,27H,2-4,11-14H2,1H3. The van der Waals surface area contributed by atoms with E-state index in [0.29, 0.717) is 6.04 Å². The van der Waals surface area contributed by atoms with Crippen molar-refractivity contribution >= 4 is 16.6 Å². The summed E-state index contributed by atoms with van der Waals surface area (Å²) in [6.45, 7) is 1.50. The lowest BCUT2D eigenvalue weighted by atomic mass is 9.92. The predicted octanol–water partition coefficient (Wildman–Crippen LogP) is 5.50. The Kier molecular flexibility index (Phi) is 5.10. The predicted molar refractivity (Wildman–Crippen MR) is 119 cm³/mol. The monoisotopic (exact) mass is 401 g/mol. The Morgan fingerprint density at radius 3 is 2.47 bits per heavy atom. The van der Waals surface area contributed by atoms with Crippen molar-refractivity contribution in [1.29, 1.82) is 5.26 Å². The Morgan fingerprint density at radius 2 is 1.83 bits per heavy atom. The largest absolute Gasteiger partial charge is 0.490 e. The Bertz CT molecular complexity index is 1080. The Balaban J connectivity index is 1.62. The lowest BCUT2D eigenvalue weighted by Crippen LogP contribution is -2.25. The maximum absolute atomic E-state index is 10.1. The number of hydrogen-bond acceptors (Lipinski definition) is 4. The SMILES string of the molecule is CNc1ccc(-c2c(C#N)c3cc(OC4CCOCC4)ccc3n2C2CCC2)cc1. The maximum Gasteiger partial charge on any atom is 0.120 e. The van der Waals surface area contributed by atoms with Crippen molar-refractivity contribution in [2.75, 3.05) is 25.6 Å². The van der Waals surface area contributed by atoms with Crippen molar-refractivity contribution in [3.05, 3.63) is 48.0 Å². The average molecular weight is 402 g/mol. The molecule has 0 unspecified atom stereocenters. The molecule has 2 aromatic carbocycles. The number of nitrogens with zero attached hydrogens (tertiary/aromatic N) is 2. The number of nitrogens with one attached hydrogen (secondary N) is 1. The highest BCUT2D eigenvalue weighted by molar-refractivity contribution is 5.95. The first kappa shape index (κ1) is 19.0. The van der Waals surface area contributed by atoms with Crippen molar-refractivity contribution in [3.8, 4) is 23.1 Å². The van der Waals surface area contributed by atoms with Crippen LogP contribution >= 0.6 is 0 Å². The van der Waals surface area contributed by atoms with Gasteiger partial charge in [-0.2, -0.15) is 5.26 Å². The summed E-state index contributed by atoms with van der Waals surface area (Å²) >= 11 is 0. The molecule has 30 heavy (non-hydrogen) atoms. The number of hydrogen-bond donors (Lipinski definition) is 1. The van der Waals surface area contributed by atoms with Crippen molar-refractivity contribution in [2.24, 2.45) is 0 Å². The van der Waals surface area contributed by atoms with Crippen LogP contribution in [0.3, 0.4) is 0 Å². The van der Waals surface area contributed by atoms with Crippen LogP contribution in [0.15, 0.2) is 42.5 Å². The number of rotatable bonds is 5. The van der Waals surface area contributed by atoms with Gasteiger partial charge in [0.05, 0.1) is 30.0 Å². The van der Waals surface area contributed by atoms with Gasteiger partial charge in [0.1, 0.15) is 17.9 Å². The minimum atomic E-state index is 0.184. The molecule has 0 spiro atoms. The van der Waals surface area contributed by atoms with Crippen molar-refractivity contribution in [1.82, 2.24) is 4.57 Å². The molecule has 2 heterocycles. The molecule has 5 heteroatoms. The zero-order valence-corrected chi connectivity index (χ0v) is 17.4. The van der Waals surface area contributed by atoms with Gasteiger partial charge in [0, 0.05) is 37.0 Å². The second-order valence-corrected chi connectivity index (χ2v) is 8.23. The third-order valence-electron chi connectivity index (χ3n) is 6.44. The third kappa shape index (κ3) is 3.32. The van der Waals surface area contributed by atoms with Gasteiger partial charge < -0.3 is 19.4 Å². The molecule has 2 fully saturated rings. The van der Waals surface area contributed by atoms with Gasteiger partial charge in [-0.25, -0.2) is 0 Å². The summed E-state index contributed by atoms with van der Waals surface area (Å²) in [5, 5.41) is 14.3. The molecule has 5 nitrogen and oxygen atoms in total. The van der Waals surface area contributed by atoms with E-state index >= 15 is 0 Å². The number of ether oxygens (including phenoxy) is 2. The molecule has 1 N–H and O–H groups in total. The third-order valence-corrected chi connectivity index (χ3v) is 6.44. The van der Waals surface area contributed by atoms with E-state index < -0.39 is 0 Å². The fourth-order valence-electron chi connectivity index (χ4n) is 4.57. The lowest BCUT2D eigenvalue weighted by molar-refractivity contribution is 0.0256. The van der Waals surface area contributed by atoms with Crippen LogP contribution in [0.4, 0.5) is 5.69 Å². The molecule has 1 aromatic heterocycles. The van der Waals surface area contributed by atoms with Crippen LogP contribution < -0.4 is 10.1 Å². The van der Waals surface area contributed by atoms with Crippen molar-refractivity contribution in [2.45, 2.75) is 44.2 Å². The molecular formula is C25H27N3O2. The van der Waals surface area contributed by atoms with Gasteiger partial charge in [0.25, 0.3) is 0 Å². The van der Waals surface area contributed by atoms with E-state index in [-0.39, 0.29) is 6.10 Å². The number of anilines is 1. The van der Waals surface area contributed by atoms with Crippen LogP contribution in [0, 0.1) is 11.3 Å². The van der Waals surface area contributed by atoms with Gasteiger partial charge in [0.2, 0.25) is 0 Å². The van der Waals surface area contributed by atoms with E-state index in [4.69, 9.17) is 9.47 Å². The van der Waals surface area contributed by atoms with E-state index in [9.17, 15) is 5.26 Å². The van der Waals surface area contributed by atoms with E-state index in [1.165, 1.54) is 6.42 Å². The first-order valence-electron chi connectivity index (χ1n) is 10.9. The summed E-state index contributed by atoms with van der Waals surface area (Å²) in [6, 6.07) is 17.6. The van der Waals surface area contributed by atoms with Gasteiger partial charge in [-0.15, -0.1) is 0 Å². The molecule has 3 aromatic rings. The van der Waals surface area contributed by atoms with E-state index in [1.807, 2.05) is 7.05 Å². The fraction of sp³-hybridized carbons (Fsp3) is 0.400. The van der Waals surface area contributed by atoms with Gasteiger partial charge >= 0.3 is 0 Å². The van der Waals surface area contributed by atoms with Crippen LogP contribution in [-0.4, -0.2) is 30.9 Å². The van der Waals surface area contributed by atoms with E-state index in [0.717, 1.165) is 78.1 Å². The zero-order chi connectivity index (χ0) is 20.5. The number of benzene rings is 2. The number of nitriles is 1. The first-order chi connectivity index (χ1) is 14.8. The Labute approximate surface area is 177 Å². The highest BCUT2D eigenvalue weighted by Crippen LogP contribution is 2.43. The summed E-state index contributed by atoms with van der Waals surface area (Å²) in [7, 11) is 1.92. The van der Waals surface area contributed by atoms with Crippen LogP contribution in [0.1, 0.15) is 43.7 Å². The van der Waals surface area contributed by atoms with Crippen LogP contribution in [0.2, 0.25) is 0 Å². The molecule has 1 aliphatic carbocycles. The van der Waals surface area contributed by atoms with Gasteiger partial charge in [-0.3, -0.25) is 0 Å². The minimum absolute atomic E-state index is 0.184. The molecule has 2 aliphatic rings. The van der Waals surface area contributed by atoms with Crippen molar-refractivity contribution in [3.63, 3.8) is 0 Å². The number of aromatic nitrogens is 1. The normalized spacial score (nSPS) is 17.5. The summed E-state index contributed by atoms with van der Waals surface area (Å²) in [5.41, 5.74) is 5.05. The van der Waals surface area contributed by atoms with Crippen LogP contribution in [0.5, 0.6) is 5.75 Å². The fourth-order valence-corrected chi connectivity index (χ4v) is 4.57. The molecule has 154 valence electrons. The van der Waals surface area contributed by atoms with Gasteiger partial charge in [-0.05, 0) is 55.2 Å².